The van der Waals surface area contributed by atoms with Crippen molar-refractivity contribution >= 4 is 17.5 Å². The second-order valence-corrected chi connectivity index (χ2v) is 6.06. The fraction of sp³-hybridized carbons (Fsp3) is 0.438. The highest BCUT2D eigenvalue weighted by Crippen LogP contribution is 2.28. The number of hydrogen-bond acceptors (Lipinski definition) is 4. The molecule has 2 heterocycles. The zero-order chi connectivity index (χ0) is 15.1. The van der Waals surface area contributed by atoms with Crippen molar-refractivity contribution in [3.05, 3.63) is 35.2 Å². The Kier molecular flexibility index (Phi) is 3.10. The van der Waals surface area contributed by atoms with E-state index in [1.165, 1.54) is 18.4 Å². The molecule has 0 saturated heterocycles. The van der Waals surface area contributed by atoms with E-state index in [2.05, 4.69) is 20.7 Å². The zero-order valence-electron chi connectivity index (χ0n) is 12.6. The molecule has 2 aromatic heterocycles. The van der Waals surface area contributed by atoms with E-state index in [-0.39, 0.29) is 5.91 Å². The fourth-order valence-corrected chi connectivity index (χ4v) is 2.91. The van der Waals surface area contributed by atoms with Gasteiger partial charge in [-0.2, -0.15) is 5.10 Å². The first-order valence-electron chi connectivity index (χ1n) is 7.79. The SMILES string of the molecule is Cn1nc2c(c1NC(=O)c1ccc(NC3CC3)nc1)CCC2. The van der Waals surface area contributed by atoms with Gasteiger partial charge in [-0.15, -0.1) is 0 Å². The molecule has 0 radical (unpaired) electrons. The van der Waals surface area contributed by atoms with Crippen molar-refractivity contribution in [2.45, 2.75) is 38.1 Å². The summed E-state index contributed by atoms with van der Waals surface area (Å²) in [5.74, 6) is 1.52. The van der Waals surface area contributed by atoms with Gasteiger partial charge in [0.2, 0.25) is 0 Å². The molecule has 1 saturated carbocycles. The Labute approximate surface area is 128 Å². The van der Waals surface area contributed by atoms with E-state index in [0.717, 1.165) is 36.6 Å². The van der Waals surface area contributed by atoms with Gasteiger partial charge in [-0.3, -0.25) is 9.48 Å². The summed E-state index contributed by atoms with van der Waals surface area (Å²) in [6, 6.07) is 4.23. The second kappa shape index (κ2) is 5.12. The first-order chi connectivity index (χ1) is 10.7. The zero-order valence-corrected chi connectivity index (χ0v) is 12.6. The highest BCUT2D eigenvalue weighted by Gasteiger charge is 2.23. The summed E-state index contributed by atoms with van der Waals surface area (Å²) >= 11 is 0. The van der Waals surface area contributed by atoms with Gasteiger partial charge in [0.15, 0.2) is 0 Å². The molecular formula is C16H19N5O. The minimum atomic E-state index is -0.136. The van der Waals surface area contributed by atoms with E-state index in [4.69, 9.17) is 0 Å². The second-order valence-electron chi connectivity index (χ2n) is 6.06. The summed E-state index contributed by atoms with van der Waals surface area (Å²) in [5.41, 5.74) is 2.85. The Morgan fingerprint density at radius 2 is 2.18 bits per heavy atom. The third-order valence-corrected chi connectivity index (χ3v) is 4.26. The number of carbonyl (C=O) groups is 1. The van der Waals surface area contributed by atoms with Crippen LogP contribution >= 0.6 is 0 Å². The van der Waals surface area contributed by atoms with Crippen LogP contribution in [0.3, 0.4) is 0 Å². The summed E-state index contributed by atoms with van der Waals surface area (Å²) in [4.78, 5) is 16.7. The number of aryl methyl sites for hydroxylation is 2. The normalized spacial score (nSPS) is 16.4. The summed E-state index contributed by atoms with van der Waals surface area (Å²) < 4.78 is 1.76. The topological polar surface area (TPSA) is 71.8 Å². The smallest absolute Gasteiger partial charge is 0.258 e. The van der Waals surface area contributed by atoms with Crippen LogP contribution in [0.1, 0.15) is 40.9 Å². The molecule has 0 spiro atoms. The van der Waals surface area contributed by atoms with Crippen LogP contribution in [0.2, 0.25) is 0 Å². The molecule has 1 fully saturated rings. The predicted octanol–water partition coefficient (Wildman–Crippen LogP) is 2.13. The van der Waals surface area contributed by atoms with Crippen LogP contribution in [0.4, 0.5) is 11.6 Å². The Morgan fingerprint density at radius 1 is 1.32 bits per heavy atom. The van der Waals surface area contributed by atoms with Crippen LogP contribution in [0.25, 0.3) is 0 Å². The predicted molar refractivity (Wildman–Crippen MR) is 84.1 cm³/mol. The molecule has 1 amide bonds. The summed E-state index contributed by atoms with van der Waals surface area (Å²) in [7, 11) is 1.87. The maximum absolute atomic E-state index is 12.4. The van der Waals surface area contributed by atoms with Crippen molar-refractivity contribution in [2.75, 3.05) is 10.6 Å². The molecule has 0 unspecified atom stereocenters. The van der Waals surface area contributed by atoms with Gasteiger partial charge in [0.25, 0.3) is 5.91 Å². The number of carbonyl (C=O) groups excluding carboxylic acids is 1. The number of nitrogens with zero attached hydrogens (tertiary/aromatic N) is 3. The van der Waals surface area contributed by atoms with Gasteiger partial charge in [0, 0.05) is 24.8 Å². The molecule has 22 heavy (non-hydrogen) atoms. The molecule has 2 aliphatic rings. The van der Waals surface area contributed by atoms with Crippen LogP contribution in [0, 0.1) is 0 Å². The van der Waals surface area contributed by atoms with Crippen molar-refractivity contribution in [1.29, 1.82) is 0 Å². The maximum atomic E-state index is 12.4. The van der Waals surface area contributed by atoms with Gasteiger partial charge >= 0.3 is 0 Å². The van der Waals surface area contributed by atoms with Gasteiger partial charge in [-0.05, 0) is 44.2 Å². The highest BCUT2D eigenvalue weighted by atomic mass is 16.1. The maximum Gasteiger partial charge on any atom is 0.258 e. The van der Waals surface area contributed by atoms with Crippen LogP contribution in [0.5, 0.6) is 0 Å². The first-order valence-corrected chi connectivity index (χ1v) is 7.79. The standard InChI is InChI=1S/C16H19N5O/c1-21-15(12-3-2-4-13(12)20-21)19-16(22)10-5-8-14(17-9-10)18-11-6-7-11/h5,8-9,11H,2-4,6-7H2,1H3,(H,17,18)(H,19,22). The van der Waals surface area contributed by atoms with E-state index in [0.29, 0.717) is 11.6 Å². The molecule has 6 heteroatoms. The lowest BCUT2D eigenvalue weighted by Gasteiger charge is -2.08. The third-order valence-electron chi connectivity index (χ3n) is 4.26. The van der Waals surface area contributed by atoms with E-state index >= 15 is 0 Å². The number of amides is 1. The number of aromatic nitrogens is 3. The van der Waals surface area contributed by atoms with Gasteiger partial charge in [0.05, 0.1) is 11.3 Å². The number of fused-ring (bicyclic) bond motifs is 1. The van der Waals surface area contributed by atoms with E-state index < -0.39 is 0 Å². The van der Waals surface area contributed by atoms with Crippen LogP contribution in [0.15, 0.2) is 18.3 Å². The minimum Gasteiger partial charge on any atom is -0.367 e. The third kappa shape index (κ3) is 2.45. The van der Waals surface area contributed by atoms with E-state index in [1.54, 1.807) is 10.9 Å². The molecule has 0 atom stereocenters. The Balaban J connectivity index is 1.49. The number of rotatable bonds is 4. The van der Waals surface area contributed by atoms with Crippen LogP contribution in [-0.4, -0.2) is 26.7 Å². The number of nitrogens with one attached hydrogen (secondary N) is 2. The Morgan fingerprint density at radius 3 is 2.91 bits per heavy atom. The number of hydrogen-bond donors (Lipinski definition) is 2. The van der Waals surface area contributed by atoms with Crippen LogP contribution in [-0.2, 0) is 19.9 Å². The lowest BCUT2D eigenvalue weighted by molar-refractivity contribution is 0.102. The summed E-state index contributed by atoms with van der Waals surface area (Å²) in [5, 5.41) is 10.8. The molecule has 114 valence electrons. The number of anilines is 2. The van der Waals surface area contributed by atoms with Gasteiger partial charge in [-0.1, -0.05) is 0 Å². The Bertz CT molecular complexity index is 715. The molecule has 2 aromatic rings. The minimum absolute atomic E-state index is 0.136. The van der Waals surface area contributed by atoms with Crippen molar-refractivity contribution in [3.63, 3.8) is 0 Å². The van der Waals surface area contributed by atoms with Crippen molar-refractivity contribution < 1.29 is 4.79 Å². The summed E-state index contributed by atoms with van der Waals surface area (Å²) in [6.45, 7) is 0. The highest BCUT2D eigenvalue weighted by molar-refractivity contribution is 6.04. The molecule has 2 N–H and O–H groups in total. The fourth-order valence-electron chi connectivity index (χ4n) is 2.91. The monoisotopic (exact) mass is 297 g/mol. The van der Waals surface area contributed by atoms with Gasteiger partial charge < -0.3 is 10.6 Å². The largest absolute Gasteiger partial charge is 0.367 e. The van der Waals surface area contributed by atoms with Crippen molar-refractivity contribution in [3.8, 4) is 0 Å². The molecule has 2 aliphatic carbocycles. The quantitative estimate of drug-likeness (QED) is 0.907. The van der Waals surface area contributed by atoms with E-state index in [9.17, 15) is 4.79 Å². The van der Waals surface area contributed by atoms with Crippen molar-refractivity contribution in [2.24, 2.45) is 7.05 Å². The van der Waals surface area contributed by atoms with Gasteiger partial charge in [-0.25, -0.2) is 4.98 Å². The molecule has 6 nitrogen and oxygen atoms in total. The molecule has 0 aliphatic heterocycles. The van der Waals surface area contributed by atoms with Crippen molar-refractivity contribution in [1.82, 2.24) is 14.8 Å². The van der Waals surface area contributed by atoms with E-state index in [1.807, 2.05) is 19.2 Å². The Hall–Kier alpha value is -2.37. The lowest BCUT2D eigenvalue weighted by atomic mass is 10.2. The molecule has 0 aromatic carbocycles. The lowest BCUT2D eigenvalue weighted by Crippen LogP contribution is -2.16. The molecule has 0 bridgehead atoms. The molecule has 4 rings (SSSR count). The first kappa shape index (κ1) is 13.3. The average molecular weight is 297 g/mol. The van der Waals surface area contributed by atoms with Crippen LogP contribution < -0.4 is 10.6 Å². The van der Waals surface area contributed by atoms with Gasteiger partial charge in [0.1, 0.15) is 11.6 Å². The summed E-state index contributed by atoms with van der Waals surface area (Å²) in [6.07, 6.45) is 7.13. The average Bonchev–Trinajstić information content (AvgIpc) is 3.13. The molecular weight excluding hydrogens is 278 g/mol. The number of pyridine rings is 1.